The van der Waals surface area contributed by atoms with Crippen molar-refractivity contribution < 1.29 is 19.5 Å². The monoisotopic (exact) mass is 694 g/mol. The molecule has 12 heteroatoms. The van der Waals surface area contributed by atoms with E-state index in [2.05, 4.69) is 87.6 Å². The zero-order valence-electron chi connectivity index (χ0n) is 30.2. The highest BCUT2D eigenvalue weighted by Crippen LogP contribution is 2.35. The number of amides is 3. The summed E-state index contributed by atoms with van der Waals surface area (Å²) in [5.41, 5.74) is 5.96. The van der Waals surface area contributed by atoms with Crippen molar-refractivity contribution in [3.8, 4) is 33.6 Å². The molecule has 270 valence electrons. The van der Waals surface area contributed by atoms with Gasteiger partial charge in [0.25, 0.3) is 0 Å². The Labute approximate surface area is 299 Å². The number of imidazole rings is 2. The van der Waals surface area contributed by atoms with Crippen molar-refractivity contribution in [3.63, 3.8) is 0 Å². The summed E-state index contributed by atoms with van der Waals surface area (Å²) >= 11 is 0. The lowest BCUT2D eigenvalue weighted by Gasteiger charge is -2.33. The Morgan fingerprint density at radius 1 is 0.804 bits per heavy atom. The van der Waals surface area contributed by atoms with Crippen LogP contribution in [0.4, 0.5) is 4.79 Å². The van der Waals surface area contributed by atoms with Crippen molar-refractivity contribution in [2.45, 2.75) is 71.5 Å². The second kappa shape index (κ2) is 15.5. The molecule has 4 N–H and O–H groups in total. The van der Waals surface area contributed by atoms with Crippen molar-refractivity contribution in [3.05, 3.63) is 72.6 Å². The van der Waals surface area contributed by atoms with E-state index < -0.39 is 12.1 Å². The molecule has 12 nitrogen and oxygen atoms in total. The van der Waals surface area contributed by atoms with Gasteiger partial charge in [-0.2, -0.15) is 0 Å². The van der Waals surface area contributed by atoms with Crippen molar-refractivity contribution in [2.75, 3.05) is 33.2 Å². The first-order valence-corrected chi connectivity index (χ1v) is 18.1. The molecule has 4 aromatic rings. The highest BCUT2D eigenvalue weighted by atomic mass is 16.4. The van der Waals surface area contributed by atoms with Gasteiger partial charge in [0.1, 0.15) is 17.7 Å². The predicted octanol–water partition coefficient (Wildman–Crippen LogP) is 6.34. The van der Waals surface area contributed by atoms with E-state index in [1.165, 1.54) is 7.05 Å². The molecule has 2 aromatic carbocycles. The van der Waals surface area contributed by atoms with E-state index in [0.717, 1.165) is 83.1 Å². The molecule has 2 aliphatic heterocycles. The van der Waals surface area contributed by atoms with Gasteiger partial charge in [-0.05, 0) is 66.3 Å². The summed E-state index contributed by atoms with van der Waals surface area (Å²) in [6.45, 7) is 10.5. The maximum absolute atomic E-state index is 13.6. The van der Waals surface area contributed by atoms with Crippen LogP contribution >= 0.6 is 0 Å². The van der Waals surface area contributed by atoms with Crippen LogP contribution in [0.5, 0.6) is 0 Å². The molecule has 2 saturated heterocycles. The fourth-order valence-corrected chi connectivity index (χ4v) is 7.41. The predicted molar refractivity (Wildman–Crippen MR) is 197 cm³/mol. The van der Waals surface area contributed by atoms with Gasteiger partial charge in [-0.1, -0.05) is 76.2 Å². The summed E-state index contributed by atoms with van der Waals surface area (Å²) in [4.78, 5) is 59.3. The number of likely N-dealkylation sites (tertiary alicyclic amines) is 2. The van der Waals surface area contributed by atoms with E-state index in [0.29, 0.717) is 24.8 Å². The van der Waals surface area contributed by atoms with Crippen LogP contribution < -0.4 is 5.32 Å². The molecule has 0 saturated carbocycles. The maximum atomic E-state index is 13.6. The molecule has 3 amide bonds. The Kier molecular flexibility index (Phi) is 10.9. The van der Waals surface area contributed by atoms with Crippen LogP contribution in [0.15, 0.2) is 60.9 Å². The lowest BCUT2D eigenvalue weighted by atomic mass is 10.0. The summed E-state index contributed by atoms with van der Waals surface area (Å²) in [5, 5.41) is 12.8. The molecule has 51 heavy (non-hydrogen) atoms. The first-order chi connectivity index (χ1) is 24.5. The van der Waals surface area contributed by atoms with E-state index >= 15 is 0 Å². The van der Waals surface area contributed by atoms with Crippen LogP contribution in [0.1, 0.15) is 77.1 Å². The molecular weight excluding hydrogens is 644 g/mol. The second-order valence-electron chi connectivity index (χ2n) is 14.6. The first-order valence-electron chi connectivity index (χ1n) is 18.1. The molecule has 4 heterocycles. The molecule has 0 spiro atoms. The van der Waals surface area contributed by atoms with Gasteiger partial charge in [0.2, 0.25) is 11.8 Å². The van der Waals surface area contributed by atoms with Gasteiger partial charge in [-0.3, -0.25) is 14.5 Å². The molecule has 0 unspecified atom stereocenters. The largest absolute Gasteiger partial charge is 0.465 e. The van der Waals surface area contributed by atoms with Gasteiger partial charge < -0.3 is 30.2 Å². The Hall–Kier alpha value is -4.97. The Morgan fingerprint density at radius 3 is 1.75 bits per heavy atom. The molecule has 2 fully saturated rings. The van der Waals surface area contributed by atoms with Crippen LogP contribution in [-0.4, -0.2) is 96.9 Å². The average Bonchev–Trinajstić information content (AvgIpc) is 3.94. The number of aromatic amines is 2. The zero-order chi connectivity index (χ0) is 36.2. The Morgan fingerprint density at radius 2 is 1.27 bits per heavy atom. The highest BCUT2D eigenvalue weighted by molar-refractivity contribution is 5.86. The van der Waals surface area contributed by atoms with E-state index in [4.69, 9.17) is 0 Å². The molecule has 2 aromatic heterocycles. The fraction of sp³-hybridized carbons (Fsp3) is 0.462. The number of H-pyrrole nitrogens is 2. The van der Waals surface area contributed by atoms with Crippen molar-refractivity contribution in [2.24, 2.45) is 11.8 Å². The van der Waals surface area contributed by atoms with Crippen LogP contribution in [0.25, 0.3) is 33.6 Å². The van der Waals surface area contributed by atoms with Gasteiger partial charge >= 0.3 is 6.09 Å². The maximum Gasteiger partial charge on any atom is 0.407 e. The first kappa shape index (κ1) is 35.8. The molecule has 3 atom stereocenters. The normalized spacial score (nSPS) is 18.2. The quantitative estimate of drug-likeness (QED) is 0.135. The highest BCUT2D eigenvalue weighted by Gasteiger charge is 2.39. The summed E-state index contributed by atoms with van der Waals surface area (Å²) in [6.07, 6.45) is 6.01. The van der Waals surface area contributed by atoms with Crippen molar-refractivity contribution in [1.82, 2.24) is 40.0 Å². The molecular formula is C39H50N8O4. The number of likely N-dealkylation sites (N-methyl/N-ethyl adjacent to an activating group) is 1. The molecule has 2 aliphatic rings. The van der Waals surface area contributed by atoms with E-state index in [9.17, 15) is 19.5 Å². The van der Waals surface area contributed by atoms with E-state index in [-0.39, 0.29) is 29.8 Å². The molecule has 0 radical (unpaired) electrons. The third kappa shape index (κ3) is 7.85. The fourth-order valence-electron chi connectivity index (χ4n) is 7.41. The number of nitrogens with one attached hydrogen (secondary N) is 3. The number of nitrogens with zero attached hydrogens (tertiary/aromatic N) is 5. The Balaban J connectivity index is 1.10. The van der Waals surface area contributed by atoms with E-state index in [1.54, 1.807) is 11.1 Å². The third-order valence-electron chi connectivity index (χ3n) is 10.1. The summed E-state index contributed by atoms with van der Waals surface area (Å²) in [6, 6.07) is 15.6. The smallest absolute Gasteiger partial charge is 0.407 e. The van der Waals surface area contributed by atoms with Crippen molar-refractivity contribution >= 4 is 17.9 Å². The number of carbonyl (C=O) groups is 3. The second-order valence-corrected chi connectivity index (χ2v) is 14.6. The van der Waals surface area contributed by atoms with Crippen LogP contribution in [0.3, 0.4) is 0 Å². The SMILES string of the molecule is CC(C)CNCC(=O)N1CCC[C@H]1c1ncc(-c2ccc(-c3ccc(-c4cnc([C@@H]5CCCN5C(=O)[C@H](C(C)C)N(C)C(=O)O)[nH]4)cc3)cc2)[nH]1. The Bertz CT molecular complexity index is 1810. The van der Waals surface area contributed by atoms with Gasteiger partial charge in [0.15, 0.2) is 0 Å². The average molecular weight is 695 g/mol. The third-order valence-corrected chi connectivity index (χ3v) is 10.1. The number of hydrogen-bond acceptors (Lipinski definition) is 6. The molecule has 0 aliphatic carbocycles. The van der Waals surface area contributed by atoms with Crippen LogP contribution in [0, 0.1) is 11.8 Å². The molecule has 6 rings (SSSR count). The summed E-state index contributed by atoms with van der Waals surface area (Å²) in [5.74, 6) is 1.82. The van der Waals surface area contributed by atoms with Gasteiger partial charge in [0.05, 0.1) is 42.4 Å². The minimum atomic E-state index is -1.11. The van der Waals surface area contributed by atoms with Gasteiger partial charge in [0, 0.05) is 20.1 Å². The van der Waals surface area contributed by atoms with Gasteiger partial charge in [-0.25, -0.2) is 14.8 Å². The number of aromatic nitrogens is 4. The van der Waals surface area contributed by atoms with Gasteiger partial charge in [-0.15, -0.1) is 0 Å². The number of carbonyl (C=O) groups excluding carboxylic acids is 2. The minimum Gasteiger partial charge on any atom is -0.465 e. The lowest BCUT2D eigenvalue weighted by molar-refractivity contribution is -0.138. The number of benzene rings is 2. The molecule has 0 bridgehead atoms. The number of carboxylic acid groups (broad SMARTS) is 1. The zero-order valence-corrected chi connectivity index (χ0v) is 30.2. The van der Waals surface area contributed by atoms with Crippen LogP contribution in [-0.2, 0) is 9.59 Å². The van der Waals surface area contributed by atoms with E-state index in [1.807, 2.05) is 24.9 Å². The number of rotatable bonds is 12. The standard InChI is InChI=1S/C39H50N8O4/c1-24(2)20-40-23-34(48)46-18-6-8-32(46)36-41-21-30(43-36)28-14-10-26(11-15-28)27-12-16-29(17-13-27)31-22-42-37(44-31)33-9-7-19-47(33)38(49)35(25(3)4)45(5)39(50)51/h10-17,21-22,24-25,32-33,35,40H,6-9,18-20,23H2,1-5H3,(H,41,43)(H,42,44)(H,50,51)/t32-,33-,35-/m0/s1. The summed E-state index contributed by atoms with van der Waals surface area (Å²) in [7, 11) is 1.46. The summed E-state index contributed by atoms with van der Waals surface area (Å²) < 4.78 is 0. The van der Waals surface area contributed by atoms with Crippen LogP contribution in [0.2, 0.25) is 0 Å². The number of hydrogen-bond donors (Lipinski definition) is 4. The van der Waals surface area contributed by atoms with Crippen molar-refractivity contribution in [1.29, 1.82) is 0 Å². The topological polar surface area (TPSA) is 151 Å². The lowest BCUT2D eigenvalue weighted by Crippen LogP contribution is -2.51. The minimum absolute atomic E-state index is 0.0292.